The van der Waals surface area contributed by atoms with Crippen molar-refractivity contribution < 1.29 is 1.43 Å². The highest BCUT2D eigenvalue weighted by Gasteiger charge is 1.94. The smallest absolute Gasteiger partial charge is 0.00399 e. The van der Waals surface area contributed by atoms with Gasteiger partial charge in [-0.2, -0.15) is 0 Å². The summed E-state index contributed by atoms with van der Waals surface area (Å²) in [6.45, 7) is 4.37. The molecule has 0 atom stereocenters. The van der Waals surface area contributed by atoms with Crippen LogP contribution in [0.15, 0.2) is 18.5 Å². The Morgan fingerprint density at radius 2 is 2.38 bits per heavy atom. The Kier molecular flexibility index (Phi) is 1.38. The summed E-state index contributed by atoms with van der Waals surface area (Å²) in [5.41, 5.74) is 1.38. The van der Waals surface area contributed by atoms with Crippen molar-refractivity contribution in [2.24, 2.45) is 0 Å². The summed E-state index contributed by atoms with van der Waals surface area (Å²) in [6, 6.07) is 2.10. The predicted molar refractivity (Wildman–Crippen MR) is 37.0 cm³/mol. The van der Waals surface area contributed by atoms with Crippen molar-refractivity contribution in [3.05, 3.63) is 24.0 Å². The second-order valence-electron chi connectivity index (χ2n) is 2.30. The van der Waals surface area contributed by atoms with Gasteiger partial charge in [0.05, 0.1) is 0 Å². The third-order valence-corrected chi connectivity index (χ3v) is 1.29. The summed E-state index contributed by atoms with van der Waals surface area (Å²) < 4.78 is 0. The minimum Gasteiger partial charge on any atom is -0.367 e. The molecule has 0 aliphatic rings. The van der Waals surface area contributed by atoms with E-state index in [4.69, 9.17) is 0 Å². The summed E-state index contributed by atoms with van der Waals surface area (Å²) in [4.78, 5) is 3.01. The summed E-state index contributed by atoms with van der Waals surface area (Å²) in [5, 5.41) is 0. The number of hydrogen-bond acceptors (Lipinski definition) is 0. The van der Waals surface area contributed by atoms with Gasteiger partial charge in [-0.3, -0.25) is 0 Å². The molecule has 1 nitrogen and oxygen atoms in total. The van der Waals surface area contributed by atoms with Crippen LogP contribution in [0.1, 0.15) is 26.8 Å². The molecule has 1 heterocycles. The van der Waals surface area contributed by atoms with Crippen molar-refractivity contribution in [3.8, 4) is 0 Å². The van der Waals surface area contributed by atoms with E-state index >= 15 is 0 Å². The van der Waals surface area contributed by atoms with Gasteiger partial charge in [0.15, 0.2) is 0 Å². The first kappa shape index (κ1) is 5.42. The molecule has 0 amide bonds. The van der Waals surface area contributed by atoms with Gasteiger partial charge < -0.3 is 4.98 Å². The van der Waals surface area contributed by atoms with Crippen molar-refractivity contribution in [1.82, 2.24) is 4.98 Å². The summed E-state index contributed by atoms with van der Waals surface area (Å²) in [6.07, 6.45) is 3.99. The van der Waals surface area contributed by atoms with Crippen LogP contribution < -0.4 is 0 Å². The SMILES string of the molecule is CC(C)c1cc[nH]c1.[HH]. The fourth-order valence-electron chi connectivity index (χ4n) is 0.696. The second-order valence-corrected chi connectivity index (χ2v) is 2.30. The molecule has 0 spiro atoms. The lowest BCUT2D eigenvalue weighted by Gasteiger charge is -1.96. The summed E-state index contributed by atoms with van der Waals surface area (Å²) in [5.74, 6) is 0.654. The number of H-pyrrole nitrogens is 1. The molecular formula is C7H13N. The van der Waals surface area contributed by atoms with Gasteiger partial charge in [-0.05, 0) is 17.5 Å². The molecule has 1 N–H and O–H groups in total. The van der Waals surface area contributed by atoms with Crippen LogP contribution in [0.5, 0.6) is 0 Å². The fraction of sp³-hybridized carbons (Fsp3) is 0.429. The molecule has 1 aromatic rings. The number of rotatable bonds is 1. The fourth-order valence-corrected chi connectivity index (χ4v) is 0.696. The third kappa shape index (κ3) is 0.915. The zero-order chi connectivity index (χ0) is 5.98. The van der Waals surface area contributed by atoms with Crippen LogP contribution >= 0.6 is 0 Å². The summed E-state index contributed by atoms with van der Waals surface area (Å²) in [7, 11) is 0. The minimum atomic E-state index is 0. The predicted octanol–water partition coefficient (Wildman–Crippen LogP) is 2.38. The van der Waals surface area contributed by atoms with Gasteiger partial charge in [-0.25, -0.2) is 0 Å². The monoisotopic (exact) mass is 111 g/mol. The van der Waals surface area contributed by atoms with Crippen molar-refractivity contribution in [2.45, 2.75) is 19.8 Å². The maximum absolute atomic E-state index is 3.01. The van der Waals surface area contributed by atoms with Crippen LogP contribution in [0.25, 0.3) is 0 Å². The maximum Gasteiger partial charge on any atom is 0.00399 e. The van der Waals surface area contributed by atoms with Gasteiger partial charge in [-0.15, -0.1) is 0 Å². The largest absolute Gasteiger partial charge is 0.367 e. The van der Waals surface area contributed by atoms with Crippen LogP contribution in [-0.4, -0.2) is 4.98 Å². The van der Waals surface area contributed by atoms with Crippen LogP contribution in [-0.2, 0) is 0 Å². The van der Waals surface area contributed by atoms with Crippen LogP contribution in [0.2, 0.25) is 0 Å². The summed E-state index contributed by atoms with van der Waals surface area (Å²) >= 11 is 0. The normalized spacial score (nSPS) is 10.4. The Bertz CT molecular complexity index is 144. The van der Waals surface area contributed by atoms with Crippen LogP contribution in [0, 0.1) is 0 Å². The zero-order valence-corrected chi connectivity index (χ0v) is 5.31. The molecule has 1 aromatic heterocycles. The molecule has 8 heavy (non-hydrogen) atoms. The standard InChI is InChI=1S/C7H11N.H2/c1-6(2)7-3-4-8-5-7;/h3-6,8H,1-2H3;1H. The van der Waals surface area contributed by atoms with E-state index in [-0.39, 0.29) is 1.43 Å². The molecule has 0 bridgehead atoms. The Balaban J connectivity index is 0.000000640. The van der Waals surface area contributed by atoms with E-state index in [0.29, 0.717) is 5.92 Å². The topological polar surface area (TPSA) is 15.8 Å². The molecule has 0 radical (unpaired) electrons. The van der Waals surface area contributed by atoms with E-state index < -0.39 is 0 Å². The van der Waals surface area contributed by atoms with E-state index in [2.05, 4.69) is 24.9 Å². The molecule has 0 saturated heterocycles. The van der Waals surface area contributed by atoms with Crippen LogP contribution in [0.4, 0.5) is 0 Å². The van der Waals surface area contributed by atoms with Gasteiger partial charge in [0, 0.05) is 13.8 Å². The van der Waals surface area contributed by atoms with E-state index in [0.717, 1.165) is 0 Å². The molecule has 0 fully saturated rings. The number of aromatic amines is 1. The average molecular weight is 111 g/mol. The van der Waals surface area contributed by atoms with Crippen molar-refractivity contribution >= 4 is 0 Å². The van der Waals surface area contributed by atoms with Crippen molar-refractivity contribution in [3.63, 3.8) is 0 Å². The Morgan fingerprint density at radius 3 is 2.62 bits per heavy atom. The zero-order valence-electron chi connectivity index (χ0n) is 5.31. The van der Waals surface area contributed by atoms with E-state index in [9.17, 15) is 0 Å². The molecule has 1 rings (SSSR count). The Labute approximate surface area is 51.2 Å². The molecular weight excluding hydrogens is 98.1 g/mol. The van der Waals surface area contributed by atoms with Gasteiger partial charge in [0.25, 0.3) is 0 Å². The molecule has 0 aromatic carbocycles. The van der Waals surface area contributed by atoms with E-state index in [1.165, 1.54) is 5.56 Å². The lowest BCUT2D eigenvalue weighted by atomic mass is 10.1. The highest BCUT2D eigenvalue weighted by Crippen LogP contribution is 2.10. The number of aromatic nitrogens is 1. The first-order valence-corrected chi connectivity index (χ1v) is 2.93. The third-order valence-electron chi connectivity index (χ3n) is 1.29. The van der Waals surface area contributed by atoms with Gasteiger partial charge in [0.2, 0.25) is 0 Å². The molecule has 46 valence electrons. The number of hydrogen-bond donors (Lipinski definition) is 1. The lowest BCUT2D eigenvalue weighted by molar-refractivity contribution is 0.868. The van der Waals surface area contributed by atoms with Crippen LogP contribution in [0.3, 0.4) is 0 Å². The second kappa shape index (κ2) is 2.03. The highest BCUT2D eigenvalue weighted by atomic mass is 14.6. The first-order chi connectivity index (χ1) is 3.80. The Morgan fingerprint density at radius 1 is 1.62 bits per heavy atom. The molecule has 1 heteroatoms. The van der Waals surface area contributed by atoms with E-state index in [1.54, 1.807) is 0 Å². The first-order valence-electron chi connectivity index (χ1n) is 2.93. The molecule has 0 saturated carbocycles. The maximum atomic E-state index is 3.01. The Hall–Kier alpha value is -0.720. The van der Waals surface area contributed by atoms with E-state index in [1.807, 2.05) is 12.4 Å². The van der Waals surface area contributed by atoms with Gasteiger partial charge in [-0.1, -0.05) is 13.8 Å². The molecule has 0 aliphatic carbocycles. The van der Waals surface area contributed by atoms with Gasteiger partial charge in [0.1, 0.15) is 0 Å². The highest BCUT2D eigenvalue weighted by molar-refractivity contribution is 5.12. The van der Waals surface area contributed by atoms with Gasteiger partial charge >= 0.3 is 0 Å². The molecule has 0 aliphatic heterocycles. The minimum absolute atomic E-state index is 0. The lowest BCUT2D eigenvalue weighted by Crippen LogP contribution is -1.79. The quantitative estimate of drug-likeness (QED) is 0.572. The number of nitrogens with one attached hydrogen (secondary N) is 1. The van der Waals surface area contributed by atoms with Crippen molar-refractivity contribution in [2.75, 3.05) is 0 Å². The molecule has 0 unspecified atom stereocenters. The average Bonchev–Trinajstić information content (AvgIpc) is 2.12. The van der Waals surface area contributed by atoms with Crippen molar-refractivity contribution in [1.29, 1.82) is 0 Å².